The van der Waals surface area contributed by atoms with Crippen LogP contribution in [-0.4, -0.2) is 18.1 Å². The molecule has 3 aromatic rings. The summed E-state index contributed by atoms with van der Waals surface area (Å²) in [5.74, 6) is -0.726. The van der Waals surface area contributed by atoms with Crippen LogP contribution in [0.15, 0.2) is 51.5 Å². The van der Waals surface area contributed by atoms with Gasteiger partial charge in [-0.25, -0.2) is 4.39 Å². The third kappa shape index (κ3) is 2.74. The Labute approximate surface area is 134 Å². The standard InChI is InChI=1S/C16H12BrFN2O2/c1-20(14-7-6-10(17)8-12(14)18)16(21)9-13-11-4-2-3-5-15(11)22-19-13/h2-8H,9H2,1H3. The van der Waals surface area contributed by atoms with Gasteiger partial charge in [-0.15, -0.1) is 0 Å². The fourth-order valence-electron chi connectivity index (χ4n) is 2.22. The van der Waals surface area contributed by atoms with Gasteiger partial charge in [0.25, 0.3) is 0 Å². The maximum Gasteiger partial charge on any atom is 0.232 e. The van der Waals surface area contributed by atoms with E-state index < -0.39 is 5.82 Å². The minimum absolute atomic E-state index is 0.0447. The molecule has 0 N–H and O–H groups in total. The summed E-state index contributed by atoms with van der Waals surface area (Å²) in [6, 6.07) is 11.9. The highest BCUT2D eigenvalue weighted by Gasteiger charge is 2.18. The molecule has 0 radical (unpaired) electrons. The molecule has 3 rings (SSSR count). The maximum atomic E-state index is 13.9. The lowest BCUT2D eigenvalue weighted by atomic mass is 10.1. The molecule has 0 saturated carbocycles. The zero-order valence-electron chi connectivity index (χ0n) is 11.7. The largest absolute Gasteiger partial charge is 0.356 e. The van der Waals surface area contributed by atoms with Crippen LogP contribution < -0.4 is 4.90 Å². The summed E-state index contributed by atoms with van der Waals surface area (Å²) in [5.41, 5.74) is 1.40. The van der Waals surface area contributed by atoms with Gasteiger partial charge >= 0.3 is 0 Å². The smallest absolute Gasteiger partial charge is 0.232 e. The van der Waals surface area contributed by atoms with Crippen molar-refractivity contribution in [3.05, 3.63) is 58.4 Å². The predicted octanol–water partition coefficient (Wildman–Crippen LogP) is 3.93. The minimum atomic E-state index is -0.463. The third-order valence-corrected chi connectivity index (χ3v) is 3.91. The monoisotopic (exact) mass is 362 g/mol. The Bertz CT molecular complexity index is 847. The van der Waals surface area contributed by atoms with Crippen molar-refractivity contribution in [2.45, 2.75) is 6.42 Å². The summed E-state index contributed by atoms with van der Waals surface area (Å²) in [7, 11) is 1.54. The van der Waals surface area contributed by atoms with Crippen LogP contribution >= 0.6 is 15.9 Å². The second-order valence-electron chi connectivity index (χ2n) is 4.85. The number of aromatic nitrogens is 1. The molecule has 0 unspecified atom stereocenters. The third-order valence-electron chi connectivity index (χ3n) is 3.42. The summed E-state index contributed by atoms with van der Waals surface area (Å²) >= 11 is 3.19. The number of benzene rings is 2. The van der Waals surface area contributed by atoms with Crippen LogP contribution in [-0.2, 0) is 11.2 Å². The summed E-state index contributed by atoms with van der Waals surface area (Å²) < 4.78 is 19.7. The van der Waals surface area contributed by atoms with Gasteiger partial charge in [-0.2, -0.15) is 0 Å². The predicted molar refractivity (Wildman–Crippen MR) is 85.2 cm³/mol. The molecule has 0 saturated heterocycles. The van der Waals surface area contributed by atoms with Gasteiger partial charge in [0.05, 0.1) is 12.1 Å². The second kappa shape index (κ2) is 5.88. The fourth-order valence-corrected chi connectivity index (χ4v) is 2.55. The van der Waals surface area contributed by atoms with Crippen molar-refractivity contribution in [2.24, 2.45) is 0 Å². The summed E-state index contributed by atoms with van der Waals surface area (Å²) in [6.45, 7) is 0. The molecule has 2 aromatic carbocycles. The van der Waals surface area contributed by atoms with Crippen LogP contribution in [0.1, 0.15) is 5.69 Å². The van der Waals surface area contributed by atoms with Gasteiger partial charge in [0.2, 0.25) is 5.91 Å². The molecule has 112 valence electrons. The number of hydrogen-bond acceptors (Lipinski definition) is 3. The van der Waals surface area contributed by atoms with Crippen molar-refractivity contribution in [3.8, 4) is 0 Å². The molecular formula is C16H12BrFN2O2. The Balaban J connectivity index is 1.84. The number of rotatable bonds is 3. The lowest BCUT2D eigenvalue weighted by molar-refractivity contribution is -0.117. The lowest BCUT2D eigenvalue weighted by Crippen LogP contribution is -2.28. The molecule has 0 aliphatic rings. The minimum Gasteiger partial charge on any atom is -0.356 e. The first-order valence-corrected chi connectivity index (χ1v) is 7.40. The number of likely N-dealkylation sites (N-methyl/N-ethyl adjacent to an activating group) is 1. The van der Waals surface area contributed by atoms with Gasteiger partial charge < -0.3 is 9.42 Å². The molecule has 1 amide bonds. The molecule has 0 spiro atoms. The Morgan fingerprint density at radius 1 is 1.32 bits per heavy atom. The number of halogens is 2. The zero-order valence-corrected chi connectivity index (χ0v) is 13.3. The van der Waals surface area contributed by atoms with Crippen molar-refractivity contribution in [3.63, 3.8) is 0 Å². The molecule has 0 atom stereocenters. The van der Waals surface area contributed by atoms with E-state index in [9.17, 15) is 9.18 Å². The Hall–Kier alpha value is -2.21. The van der Waals surface area contributed by atoms with E-state index in [0.29, 0.717) is 15.7 Å². The highest BCUT2D eigenvalue weighted by molar-refractivity contribution is 9.10. The zero-order chi connectivity index (χ0) is 15.7. The van der Waals surface area contributed by atoms with E-state index in [1.807, 2.05) is 18.2 Å². The van der Waals surface area contributed by atoms with Crippen LogP contribution in [0.3, 0.4) is 0 Å². The number of carbonyl (C=O) groups excluding carboxylic acids is 1. The maximum absolute atomic E-state index is 13.9. The van der Waals surface area contributed by atoms with E-state index in [1.165, 1.54) is 18.0 Å². The summed E-state index contributed by atoms with van der Waals surface area (Å²) in [4.78, 5) is 13.6. The Kier molecular flexibility index (Phi) is 3.94. The number of para-hydroxylation sites is 1. The average molecular weight is 363 g/mol. The molecule has 6 heteroatoms. The highest BCUT2D eigenvalue weighted by atomic mass is 79.9. The van der Waals surface area contributed by atoms with E-state index in [1.54, 1.807) is 18.2 Å². The fraction of sp³-hybridized carbons (Fsp3) is 0.125. The Morgan fingerprint density at radius 2 is 2.09 bits per heavy atom. The normalized spacial score (nSPS) is 10.9. The molecule has 0 bridgehead atoms. The number of hydrogen-bond donors (Lipinski definition) is 0. The van der Waals surface area contributed by atoms with Crippen molar-refractivity contribution < 1.29 is 13.7 Å². The molecule has 22 heavy (non-hydrogen) atoms. The molecule has 0 fully saturated rings. The van der Waals surface area contributed by atoms with E-state index in [0.717, 1.165) is 5.39 Å². The van der Waals surface area contributed by atoms with Crippen molar-refractivity contribution in [1.29, 1.82) is 0 Å². The highest BCUT2D eigenvalue weighted by Crippen LogP contribution is 2.24. The van der Waals surface area contributed by atoms with Crippen LogP contribution in [0.25, 0.3) is 11.0 Å². The first-order chi connectivity index (χ1) is 10.6. The quantitative estimate of drug-likeness (QED) is 0.708. The molecule has 1 heterocycles. The number of anilines is 1. The number of nitrogens with zero attached hydrogens (tertiary/aromatic N) is 2. The molecular weight excluding hydrogens is 351 g/mol. The van der Waals surface area contributed by atoms with E-state index >= 15 is 0 Å². The van der Waals surface area contributed by atoms with Gasteiger partial charge in [-0.05, 0) is 30.3 Å². The van der Waals surface area contributed by atoms with Crippen molar-refractivity contribution in [1.82, 2.24) is 5.16 Å². The number of fused-ring (bicyclic) bond motifs is 1. The van der Waals surface area contributed by atoms with Gasteiger partial charge in [0, 0.05) is 16.9 Å². The molecule has 0 aliphatic heterocycles. The summed E-state index contributed by atoms with van der Waals surface area (Å²) in [6.07, 6.45) is 0.0447. The second-order valence-corrected chi connectivity index (χ2v) is 5.77. The Morgan fingerprint density at radius 3 is 2.86 bits per heavy atom. The SMILES string of the molecule is CN(C(=O)Cc1noc2ccccc12)c1ccc(Br)cc1F. The van der Waals surface area contributed by atoms with E-state index in [-0.39, 0.29) is 18.0 Å². The van der Waals surface area contributed by atoms with Crippen molar-refractivity contribution in [2.75, 3.05) is 11.9 Å². The van der Waals surface area contributed by atoms with Gasteiger partial charge in [0.15, 0.2) is 5.58 Å². The van der Waals surface area contributed by atoms with Crippen LogP contribution in [0.4, 0.5) is 10.1 Å². The lowest BCUT2D eigenvalue weighted by Gasteiger charge is -2.17. The van der Waals surface area contributed by atoms with Crippen LogP contribution in [0, 0.1) is 5.82 Å². The summed E-state index contributed by atoms with van der Waals surface area (Å²) in [5, 5.41) is 4.72. The topological polar surface area (TPSA) is 46.3 Å². The first kappa shape index (κ1) is 14.7. The first-order valence-electron chi connectivity index (χ1n) is 6.61. The average Bonchev–Trinajstić information content (AvgIpc) is 2.90. The number of amides is 1. The van der Waals surface area contributed by atoms with Crippen LogP contribution in [0.2, 0.25) is 0 Å². The van der Waals surface area contributed by atoms with Gasteiger partial charge in [-0.3, -0.25) is 4.79 Å². The molecule has 4 nitrogen and oxygen atoms in total. The van der Waals surface area contributed by atoms with Gasteiger partial charge in [0.1, 0.15) is 11.5 Å². The van der Waals surface area contributed by atoms with E-state index in [2.05, 4.69) is 21.1 Å². The molecule has 0 aliphatic carbocycles. The van der Waals surface area contributed by atoms with Crippen molar-refractivity contribution >= 4 is 38.5 Å². The van der Waals surface area contributed by atoms with E-state index in [4.69, 9.17) is 4.52 Å². The molecule has 1 aromatic heterocycles. The number of carbonyl (C=O) groups is 1. The van der Waals surface area contributed by atoms with Crippen LogP contribution in [0.5, 0.6) is 0 Å². The van der Waals surface area contributed by atoms with Gasteiger partial charge in [-0.1, -0.05) is 33.2 Å².